The molecule has 0 radical (unpaired) electrons. The Morgan fingerprint density at radius 1 is 1.32 bits per heavy atom. The van der Waals surface area contributed by atoms with Crippen molar-refractivity contribution in [3.63, 3.8) is 0 Å². The third-order valence-corrected chi connectivity index (χ3v) is 5.15. The predicted octanol–water partition coefficient (Wildman–Crippen LogP) is 2.28. The van der Waals surface area contributed by atoms with Crippen molar-refractivity contribution < 1.29 is 17.9 Å². The van der Waals surface area contributed by atoms with Gasteiger partial charge in [-0.3, -0.25) is 4.79 Å². The van der Waals surface area contributed by atoms with Crippen molar-refractivity contribution in [3.8, 4) is 11.6 Å². The van der Waals surface area contributed by atoms with Gasteiger partial charge in [0, 0.05) is 29.4 Å². The summed E-state index contributed by atoms with van der Waals surface area (Å²) < 4.78 is 28.9. The van der Waals surface area contributed by atoms with Crippen molar-refractivity contribution in [2.24, 2.45) is 11.1 Å². The molecule has 9 heteroatoms. The Hall–Kier alpha value is -1.97. The minimum atomic E-state index is -3.60. The summed E-state index contributed by atoms with van der Waals surface area (Å²) in [5, 5.41) is 5.06. The van der Waals surface area contributed by atoms with Gasteiger partial charge in [-0.2, -0.15) is 0 Å². The number of anilines is 1. The van der Waals surface area contributed by atoms with Crippen molar-refractivity contribution in [1.82, 2.24) is 4.98 Å². The van der Waals surface area contributed by atoms with E-state index in [-0.39, 0.29) is 24.0 Å². The number of rotatable bonds is 5. The van der Waals surface area contributed by atoms with Gasteiger partial charge in [0.1, 0.15) is 5.75 Å². The monoisotopic (exact) mass is 425 g/mol. The van der Waals surface area contributed by atoms with Crippen LogP contribution in [0.2, 0.25) is 0 Å². The molecule has 1 unspecified atom stereocenters. The lowest BCUT2D eigenvalue weighted by Crippen LogP contribution is -2.27. The molecule has 25 heavy (non-hydrogen) atoms. The Bertz CT molecular complexity index is 887. The van der Waals surface area contributed by atoms with Crippen LogP contribution in [0.3, 0.4) is 0 Å². The van der Waals surface area contributed by atoms with Gasteiger partial charge in [-0.05, 0) is 24.3 Å². The number of halogens is 1. The lowest BCUT2D eigenvalue weighted by molar-refractivity contribution is -0.117. The normalized spacial score (nSPS) is 17.8. The number of primary sulfonamides is 1. The number of carbonyl (C=O) groups is 1. The van der Waals surface area contributed by atoms with Gasteiger partial charge in [0.25, 0.3) is 0 Å². The molecule has 2 aromatic rings. The molecule has 1 amide bonds. The Labute approximate surface area is 154 Å². The molecule has 0 aliphatic carbocycles. The fourth-order valence-corrected chi connectivity index (χ4v) is 3.97. The molecule has 0 saturated carbocycles. The maximum Gasteiger partial charge on any atom is 0.227 e. The summed E-state index contributed by atoms with van der Waals surface area (Å²) >= 11 is 3.37. The van der Waals surface area contributed by atoms with Gasteiger partial charge in [0.15, 0.2) is 0 Å². The maximum atomic E-state index is 12.1. The van der Waals surface area contributed by atoms with Gasteiger partial charge in [0.05, 0.1) is 17.6 Å². The predicted molar refractivity (Wildman–Crippen MR) is 96.9 cm³/mol. The lowest BCUT2D eigenvalue weighted by Gasteiger charge is -2.16. The number of benzene rings is 1. The van der Waals surface area contributed by atoms with E-state index in [1.807, 2.05) is 24.3 Å². The maximum absolute atomic E-state index is 12.1. The van der Waals surface area contributed by atoms with Crippen molar-refractivity contribution in [2.45, 2.75) is 6.42 Å². The molecule has 1 atom stereocenters. The molecular weight excluding hydrogens is 410 g/mol. The van der Waals surface area contributed by atoms with Crippen LogP contribution < -0.4 is 14.8 Å². The third kappa shape index (κ3) is 4.77. The topological polar surface area (TPSA) is 103 Å². The summed E-state index contributed by atoms with van der Waals surface area (Å²) in [6, 6.07) is 10.7. The summed E-state index contributed by atoms with van der Waals surface area (Å²) in [6.45, 7) is 0.308. The summed E-state index contributed by atoms with van der Waals surface area (Å²) in [5.41, 5.74) is 0.600. The second-order valence-electron chi connectivity index (χ2n) is 5.82. The molecule has 132 valence electrons. The van der Waals surface area contributed by atoms with Crippen molar-refractivity contribution >= 4 is 37.5 Å². The Balaban J connectivity index is 1.69. The van der Waals surface area contributed by atoms with Crippen LogP contribution in [0.1, 0.15) is 6.42 Å². The van der Waals surface area contributed by atoms with E-state index < -0.39 is 10.0 Å². The second kappa shape index (κ2) is 7.11. The van der Waals surface area contributed by atoms with Crippen molar-refractivity contribution in [1.29, 1.82) is 0 Å². The van der Waals surface area contributed by atoms with Crippen LogP contribution in [0.25, 0.3) is 0 Å². The van der Waals surface area contributed by atoms with Crippen LogP contribution in [0.15, 0.2) is 47.1 Å². The van der Waals surface area contributed by atoms with E-state index >= 15 is 0 Å². The molecule has 1 aromatic heterocycles. The number of amides is 1. The largest absolute Gasteiger partial charge is 0.439 e. The number of nitrogens with two attached hydrogens (primary N) is 1. The van der Waals surface area contributed by atoms with Gasteiger partial charge < -0.3 is 9.64 Å². The quantitative estimate of drug-likeness (QED) is 0.791. The van der Waals surface area contributed by atoms with Crippen LogP contribution in [-0.2, 0) is 14.8 Å². The van der Waals surface area contributed by atoms with Gasteiger partial charge >= 0.3 is 0 Å². The Morgan fingerprint density at radius 3 is 2.76 bits per heavy atom. The fourth-order valence-electron chi connectivity index (χ4n) is 2.72. The van der Waals surface area contributed by atoms with Crippen LogP contribution >= 0.6 is 15.9 Å². The molecule has 3 rings (SSSR count). The zero-order valence-corrected chi connectivity index (χ0v) is 15.5. The summed E-state index contributed by atoms with van der Waals surface area (Å²) in [5.74, 6) is 0.387. The van der Waals surface area contributed by atoms with E-state index in [4.69, 9.17) is 9.88 Å². The van der Waals surface area contributed by atoms with E-state index in [2.05, 4.69) is 20.9 Å². The molecule has 1 saturated heterocycles. The molecule has 0 spiro atoms. The minimum Gasteiger partial charge on any atom is -0.439 e. The number of pyridine rings is 1. The Kier molecular flexibility index (Phi) is 5.07. The first-order chi connectivity index (χ1) is 11.8. The Morgan fingerprint density at radius 2 is 2.12 bits per heavy atom. The number of ether oxygens (including phenoxy) is 1. The highest BCUT2D eigenvalue weighted by Gasteiger charge is 2.32. The average Bonchev–Trinajstić information content (AvgIpc) is 2.86. The van der Waals surface area contributed by atoms with Gasteiger partial charge in [-0.25, -0.2) is 18.5 Å². The van der Waals surface area contributed by atoms with Crippen LogP contribution in [-0.4, -0.2) is 31.6 Å². The first-order valence-corrected chi connectivity index (χ1v) is 10.0. The summed E-state index contributed by atoms with van der Waals surface area (Å²) in [6.07, 6.45) is 1.69. The number of hydrogen-bond donors (Lipinski definition) is 1. The highest BCUT2D eigenvalue weighted by atomic mass is 79.9. The smallest absolute Gasteiger partial charge is 0.227 e. The molecular formula is C16H16BrN3O4S. The minimum absolute atomic E-state index is 0.142. The molecule has 1 aliphatic heterocycles. The lowest BCUT2D eigenvalue weighted by atomic mass is 10.1. The average molecular weight is 426 g/mol. The zero-order valence-electron chi connectivity index (χ0n) is 13.1. The van der Waals surface area contributed by atoms with Gasteiger partial charge in [-0.1, -0.05) is 22.0 Å². The van der Waals surface area contributed by atoms with Crippen LogP contribution in [0, 0.1) is 5.92 Å². The molecule has 7 nitrogen and oxygen atoms in total. The van der Waals surface area contributed by atoms with Crippen LogP contribution in [0.5, 0.6) is 11.6 Å². The number of hydrogen-bond acceptors (Lipinski definition) is 5. The molecule has 0 bridgehead atoms. The van der Waals surface area contributed by atoms with E-state index in [1.54, 1.807) is 12.1 Å². The first-order valence-electron chi connectivity index (χ1n) is 7.50. The van der Waals surface area contributed by atoms with E-state index in [0.717, 1.165) is 4.47 Å². The summed E-state index contributed by atoms with van der Waals surface area (Å²) in [4.78, 5) is 17.8. The SMILES string of the molecule is NS(=O)(=O)CC1CC(=O)N(c2ccc(Oc3cccc(Br)c3)nc2)C1. The highest BCUT2D eigenvalue weighted by molar-refractivity contribution is 9.10. The van der Waals surface area contributed by atoms with Crippen LogP contribution in [0.4, 0.5) is 5.69 Å². The standard InChI is InChI=1S/C16H16BrN3O4S/c17-12-2-1-3-14(7-12)24-15-5-4-13(8-19-15)20-9-11(6-16(20)21)10-25(18,22)23/h1-5,7-8,11H,6,9-10H2,(H2,18,22,23). The van der Waals surface area contributed by atoms with Crippen molar-refractivity contribution in [2.75, 3.05) is 17.2 Å². The number of aromatic nitrogens is 1. The molecule has 1 fully saturated rings. The molecule has 1 aromatic carbocycles. The number of carbonyl (C=O) groups excluding carboxylic acids is 1. The van der Waals surface area contributed by atoms with Gasteiger partial charge in [-0.15, -0.1) is 0 Å². The first kappa shape index (κ1) is 17.8. The molecule has 2 N–H and O–H groups in total. The number of nitrogens with zero attached hydrogens (tertiary/aromatic N) is 2. The molecule has 2 heterocycles. The van der Waals surface area contributed by atoms with Gasteiger partial charge in [0.2, 0.25) is 21.8 Å². The second-order valence-corrected chi connectivity index (χ2v) is 8.39. The third-order valence-electron chi connectivity index (χ3n) is 3.72. The highest BCUT2D eigenvalue weighted by Crippen LogP contribution is 2.28. The summed E-state index contributed by atoms with van der Waals surface area (Å²) in [7, 11) is -3.60. The van der Waals surface area contributed by atoms with E-state index in [9.17, 15) is 13.2 Å². The molecule has 1 aliphatic rings. The van der Waals surface area contributed by atoms with Crippen molar-refractivity contribution in [3.05, 3.63) is 47.1 Å². The van der Waals surface area contributed by atoms with E-state index in [0.29, 0.717) is 23.9 Å². The zero-order chi connectivity index (χ0) is 18.0. The fraction of sp³-hybridized carbons (Fsp3) is 0.250. The van der Waals surface area contributed by atoms with E-state index in [1.165, 1.54) is 11.1 Å². The number of sulfonamides is 1.